The molecule has 0 aromatic heterocycles. The van der Waals surface area contributed by atoms with E-state index in [0.29, 0.717) is 60.4 Å². The first-order valence-corrected chi connectivity index (χ1v) is 29.6. The van der Waals surface area contributed by atoms with Gasteiger partial charge in [-0.2, -0.15) is 0 Å². The summed E-state index contributed by atoms with van der Waals surface area (Å²) in [5.74, 6) is 3.77. The molecule has 4 atom stereocenters. The summed E-state index contributed by atoms with van der Waals surface area (Å²) in [6.07, 6.45) is 1.90. The molecule has 2 N–H and O–H groups in total. The molecule has 0 spiro atoms. The second kappa shape index (κ2) is 37.6. The Balaban J connectivity index is 0.000000611. The van der Waals surface area contributed by atoms with E-state index in [4.69, 9.17) is 32.7 Å². The van der Waals surface area contributed by atoms with Crippen LogP contribution in [-0.4, -0.2) is 24.2 Å². The molecule has 0 amide bonds. The SMILES string of the molecule is CC(CC(C)[N-]c1c(C(C)C)cccc1C(C)C)[N-]c1c(C(C)C)cccc1C(C)C.CC(CC(C)[N-]c1c(C(C)C)cccc1C(C)C)[N-]c1c(C(C)C)cccc1C(C)C.[Mn+2].[Mn].[NH-]Cc1ccccc1.[NH-]Cc1ccccc1. The van der Waals surface area contributed by atoms with Crippen molar-refractivity contribution in [3.63, 3.8) is 0 Å². The zero-order valence-corrected chi connectivity index (χ0v) is 55.4. The van der Waals surface area contributed by atoms with Crippen molar-refractivity contribution in [2.45, 2.75) is 236 Å². The fourth-order valence-electron chi connectivity index (χ4n) is 9.91. The Kier molecular flexibility index (Phi) is 34.5. The molecular formula is C72H104Mn2N6-4. The van der Waals surface area contributed by atoms with Crippen molar-refractivity contribution >= 4 is 22.7 Å². The van der Waals surface area contributed by atoms with Gasteiger partial charge < -0.3 is 32.7 Å². The van der Waals surface area contributed by atoms with Gasteiger partial charge >= 0.3 is 17.1 Å². The molecule has 0 aliphatic rings. The molecule has 6 aromatic rings. The van der Waals surface area contributed by atoms with Gasteiger partial charge in [-0.1, -0.05) is 340 Å². The summed E-state index contributed by atoms with van der Waals surface area (Å²) < 4.78 is 0. The number of nitrogens with one attached hydrogen (secondary N) is 2. The smallest absolute Gasteiger partial charge is 0.681 e. The topological polar surface area (TPSA) is 104 Å². The van der Waals surface area contributed by atoms with Crippen LogP contribution in [0.25, 0.3) is 32.7 Å². The van der Waals surface area contributed by atoms with E-state index in [1.54, 1.807) is 0 Å². The van der Waals surface area contributed by atoms with Crippen molar-refractivity contribution in [2.24, 2.45) is 0 Å². The molecule has 0 aliphatic heterocycles. The Hall–Kier alpha value is -4.52. The third-order valence-corrected chi connectivity index (χ3v) is 14.2. The summed E-state index contributed by atoms with van der Waals surface area (Å²) in [5.41, 5.74) is 31.7. The van der Waals surface area contributed by atoms with Gasteiger partial charge in [0.15, 0.2) is 0 Å². The van der Waals surface area contributed by atoms with E-state index in [-0.39, 0.29) is 58.3 Å². The number of hydrogen-bond donors (Lipinski definition) is 0. The Labute approximate surface area is 511 Å². The first-order chi connectivity index (χ1) is 36.9. The van der Waals surface area contributed by atoms with Crippen LogP contribution in [0, 0.1) is 0 Å². The molecule has 6 aromatic carbocycles. The maximum atomic E-state index is 6.94. The molecule has 0 saturated heterocycles. The van der Waals surface area contributed by atoms with Crippen molar-refractivity contribution in [1.29, 1.82) is 0 Å². The standard InChI is InChI=1S/2C29H44N2.2C7H8N.2Mn/c2*1-18(2)24-13-11-14-25(19(3)4)28(24)30-22(9)17-23(10)31-29-26(20(5)6)15-12-16-27(29)21(7)8;2*8-6-7-4-2-1-3-5-7;;/h2*11-16,18-23H,17H2,1-10H3;2*1-5,8H,6H2;;/q2*-2;2*-1;;+2. The summed E-state index contributed by atoms with van der Waals surface area (Å²) in [7, 11) is 0. The second-order valence-electron chi connectivity index (χ2n) is 24.1. The molecule has 0 aliphatic carbocycles. The van der Waals surface area contributed by atoms with Crippen molar-refractivity contribution in [3.05, 3.63) is 222 Å². The minimum atomic E-state index is 0. The first kappa shape index (κ1) is 73.5. The van der Waals surface area contributed by atoms with Gasteiger partial charge in [-0.15, -0.1) is 60.0 Å². The van der Waals surface area contributed by atoms with Gasteiger partial charge in [-0.25, -0.2) is 0 Å². The van der Waals surface area contributed by atoms with Crippen LogP contribution in [0.5, 0.6) is 0 Å². The van der Waals surface area contributed by atoms with E-state index in [1.807, 2.05) is 60.7 Å². The Morgan fingerprint density at radius 3 is 0.550 bits per heavy atom. The van der Waals surface area contributed by atoms with E-state index in [9.17, 15) is 0 Å². The molecule has 0 fully saturated rings. The largest absolute Gasteiger partial charge is 2.00 e. The van der Waals surface area contributed by atoms with Gasteiger partial charge in [0.05, 0.1) is 0 Å². The van der Waals surface area contributed by atoms with Crippen molar-refractivity contribution in [2.75, 3.05) is 0 Å². The van der Waals surface area contributed by atoms with Crippen LogP contribution in [0.1, 0.15) is 254 Å². The fourth-order valence-corrected chi connectivity index (χ4v) is 9.91. The van der Waals surface area contributed by atoms with Crippen LogP contribution in [0.4, 0.5) is 22.7 Å². The van der Waals surface area contributed by atoms with Gasteiger partial charge in [0.1, 0.15) is 0 Å². The molecule has 440 valence electrons. The molecule has 4 unspecified atom stereocenters. The summed E-state index contributed by atoms with van der Waals surface area (Å²) >= 11 is 0. The normalized spacial score (nSPS) is 12.6. The third-order valence-electron chi connectivity index (χ3n) is 14.2. The van der Waals surface area contributed by atoms with E-state index in [2.05, 4.69) is 211 Å². The number of para-hydroxylation sites is 4. The van der Waals surface area contributed by atoms with Crippen LogP contribution in [0.15, 0.2) is 133 Å². The van der Waals surface area contributed by atoms with Gasteiger partial charge in [0.2, 0.25) is 0 Å². The Morgan fingerprint density at radius 2 is 0.425 bits per heavy atom. The fraction of sp³-hybridized carbons (Fsp3) is 0.500. The van der Waals surface area contributed by atoms with Gasteiger partial charge in [0, 0.05) is 17.1 Å². The number of nitrogens with zero attached hydrogens (tertiary/aromatic N) is 4. The zero-order valence-electron chi connectivity index (χ0n) is 53.0. The minimum Gasteiger partial charge on any atom is -0.681 e. The molecule has 0 heterocycles. The van der Waals surface area contributed by atoms with Crippen LogP contribution in [-0.2, 0) is 47.2 Å². The van der Waals surface area contributed by atoms with Gasteiger partial charge in [0.25, 0.3) is 0 Å². The minimum absolute atomic E-state index is 0. The molecule has 0 bridgehead atoms. The summed E-state index contributed by atoms with van der Waals surface area (Å²) in [6, 6.07) is 47.1. The van der Waals surface area contributed by atoms with Crippen molar-refractivity contribution in [1.82, 2.24) is 0 Å². The predicted molar refractivity (Wildman–Crippen MR) is 347 cm³/mol. The summed E-state index contributed by atoms with van der Waals surface area (Å²) in [6.45, 7) is 45.9. The maximum absolute atomic E-state index is 6.94. The molecule has 2 radical (unpaired) electrons. The van der Waals surface area contributed by atoms with Crippen LogP contribution < -0.4 is 0 Å². The molecular weight excluding hydrogens is 1060 g/mol. The van der Waals surface area contributed by atoms with Gasteiger partial charge in [-0.05, 0) is 47.3 Å². The number of rotatable bonds is 22. The van der Waals surface area contributed by atoms with Crippen molar-refractivity contribution in [3.8, 4) is 0 Å². The number of benzene rings is 6. The van der Waals surface area contributed by atoms with E-state index in [0.717, 1.165) is 24.0 Å². The molecule has 8 heteroatoms. The quantitative estimate of drug-likeness (QED) is 0.0604. The number of hydrogen-bond acceptors (Lipinski definition) is 0. The van der Waals surface area contributed by atoms with Crippen molar-refractivity contribution < 1.29 is 34.1 Å². The van der Waals surface area contributed by atoms with E-state index in [1.165, 1.54) is 67.3 Å². The summed E-state index contributed by atoms with van der Waals surface area (Å²) in [5, 5.41) is 21.0. The van der Waals surface area contributed by atoms with Crippen LogP contribution >= 0.6 is 0 Å². The summed E-state index contributed by atoms with van der Waals surface area (Å²) in [4.78, 5) is 0. The van der Waals surface area contributed by atoms with E-state index >= 15 is 0 Å². The zero-order chi connectivity index (χ0) is 58.2. The second-order valence-corrected chi connectivity index (χ2v) is 24.1. The Bertz CT molecular complexity index is 2180. The molecule has 6 nitrogen and oxygen atoms in total. The Morgan fingerprint density at radius 1 is 0.263 bits per heavy atom. The molecule has 6 rings (SSSR count). The monoisotopic (exact) mass is 1160 g/mol. The third kappa shape index (κ3) is 23.8. The molecule has 0 saturated carbocycles. The average Bonchev–Trinajstić information content (AvgIpc) is 3.39. The maximum Gasteiger partial charge on any atom is 2.00 e. The first-order valence-electron chi connectivity index (χ1n) is 29.6. The predicted octanol–water partition coefficient (Wildman–Crippen LogP) is 24.6. The van der Waals surface area contributed by atoms with E-state index < -0.39 is 0 Å². The van der Waals surface area contributed by atoms with Gasteiger partial charge in [-0.3, -0.25) is 0 Å². The molecule has 80 heavy (non-hydrogen) atoms. The average molecular weight is 1160 g/mol. The van der Waals surface area contributed by atoms with Crippen LogP contribution in [0.2, 0.25) is 0 Å². The van der Waals surface area contributed by atoms with Crippen LogP contribution in [0.3, 0.4) is 0 Å².